The number of hydrogen-bond donors (Lipinski definition) is 3. The molecule has 0 aromatic carbocycles. The van der Waals surface area contributed by atoms with E-state index >= 15 is 0 Å². The molecule has 0 spiro atoms. The summed E-state index contributed by atoms with van der Waals surface area (Å²) in [4.78, 5) is 14.3. The number of rotatable bonds is 5. The fraction of sp³-hybridized carbons (Fsp3) is 0.333. The number of nitrogens with zero attached hydrogens (tertiary/aromatic N) is 1. The first-order chi connectivity index (χ1) is 7.13. The third kappa shape index (κ3) is 3.58. The lowest BCUT2D eigenvalue weighted by atomic mass is 10.3. The van der Waals surface area contributed by atoms with Crippen molar-refractivity contribution in [1.29, 1.82) is 0 Å². The van der Waals surface area contributed by atoms with Crippen molar-refractivity contribution >= 4 is 22.4 Å². The summed E-state index contributed by atoms with van der Waals surface area (Å²) in [6.07, 6.45) is 4.62. The van der Waals surface area contributed by atoms with Crippen molar-refractivity contribution in [2.75, 3.05) is 11.9 Å². The second-order valence-electron chi connectivity index (χ2n) is 2.79. The first-order valence-electron chi connectivity index (χ1n) is 4.17. The van der Waals surface area contributed by atoms with Crippen LogP contribution in [0.3, 0.4) is 0 Å². The number of nitrogens with one attached hydrogen (secondary N) is 1. The molecule has 0 saturated carbocycles. The van der Waals surface area contributed by atoms with Gasteiger partial charge in [0.1, 0.15) is 0 Å². The number of anilines is 1. The van der Waals surface area contributed by atoms with Crippen LogP contribution in [0, 0.1) is 12.3 Å². The number of carboxylic acids is 1. The van der Waals surface area contributed by atoms with Gasteiger partial charge in [0, 0.05) is 18.3 Å². The highest BCUT2D eigenvalue weighted by Crippen LogP contribution is 2.15. The molecular weight excluding hydrogens is 216 g/mol. The Balaban J connectivity index is 2.45. The summed E-state index contributed by atoms with van der Waals surface area (Å²) in [7, 11) is 0. The minimum absolute atomic E-state index is 0.00561. The van der Waals surface area contributed by atoms with Crippen LogP contribution in [0.1, 0.15) is 16.9 Å². The van der Waals surface area contributed by atoms with Crippen molar-refractivity contribution in [2.24, 2.45) is 0 Å². The molecule has 3 N–H and O–H groups in total. The maximum absolute atomic E-state index is 10.5. The van der Waals surface area contributed by atoms with E-state index in [9.17, 15) is 9.90 Å². The highest BCUT2D eigenvalue weighted by molar-refractivity contribution is 7.13. The Morgan fingerprint density at radius 3 is 3.07 bits per heavy atom. The van der Waals surface area contributed by atoms with Crippen LogP contribution in [0.15, 0.2) is 5.38 Å². The molecule has 0 aliphatic rings. The van der Waals surface area contributed by atoms with Gasteiger partial charge in [-0.3, -0.25) is 0 Å². The molecule has 1 aromatic heterocycles. The predicted octanol–water partition coefficient (Wildman–Crippen LogP) is 0.637. The molecule has 80 valence electrons. The van der Waals surface area contributed by atoms with Crippen molar-refractivity contribution < 1.29 is 15.0 Å². The summed E-state index contributed by atoms with van der Waals surface area (Å²) in [5, 5.41) is 22.6. The smallest absolute Gasteiger partial charge is 0.355 e. The average molecular weight is 226 g/mol. The summed E-state index contributed by atoms with van der Waals surface area (Å²) in [5.74, 6) is 1.26. The van der Waals surface area contributed by atoms with Crippen LogP contribution in [-0.2, 0) is 0 Å². The van der Waals surface area contributed by atoms with Gasteiger partial charge < -0.3 is 15.5 Å². The second kappa shape index (κ2) is 5.34. The third-order valence-electron chi connectivity index (χ3n) is 1.57. The van der Waals surface area contributed by atoms with E-state index < -0.39 is 12.1 Å². The lowest BCUT2D eigenvalue weighted by Crippen LogP contribution is -2.18. The molecule has 5 nitrogen and oxygen atoms in total. The lowest BCUT2D eigenvalue weighted by Gasteiger charge is -2.06. The van der Waals surface area contributed by atoms with Crippen molar-refractivity contribution in [1.82, 2.24) is 4.98 Å². The Hall–Kier alpha value is -1.58. The van der Waals surface area contributed by atoms with Gasteiger partial charge in [0.15, 0.2) is 10.8 Å². The van der Waals surface area contributed by atoms with E-state index in [4.69, 9.17) is 11.5 Å². The van der Waals surface area contributed by atoms with Crippen LogP contribution in [0.4, 0.5) is 5.13 Å². The number of hydrogen-bond acceptors (Lipinski definition) is 5. The van der Waals surface area contributed by atoms with Gasteiger partial charge in [0.05, 0.1) is 6.10 Å². The molecule has 0 aliphatic heterocycles. The number of aliphatic hydroxyl groups is 1. The summed E-state index contributed by atoms with van der Waals surface area (Å²) in [5.41, 5.74) is -0.00561. The van der Waals surface area contributed by atoms with Crippen LogP contribution in [-0.4, -0.2) is 33.8 Å². The molecule has 0 amide bonds. The molecule has 0 saturated heterocycles. The zero-order valence-electron chi connectivity index (χ0n) is 7.80. The fourth-order valence-electron chi connectivity index (χ4n) is 0.866. The Labute approximate surface area is 90.8 Å². The van der Waals surface area contributed by atoms with Crippen LogP contribution < -0.4 is 5.32 Å². The first kappa shape index (κ1) is 11.5. The molecular formula is C9H10N2O3S. The standard InChI is InChI=1S/C9H10N2O3S/c1-2-3-6(12)4-10-9-11-7(5-15-9)8(13)14/h1,5-6,12H,3-4H2,(H,10,11)(H,13,14). The number of thiazole rings is 1. The minimum Gasteiger partial charge on any atom is -0.476 e. The van der Waals surface area contributed by atoms with Crippen molar-refractivity contribution in [3.8, 4) is 12.3 Å². The number of aromatic nitrogens is 1. The minimum atomic E-state index is -1.07. The van der Waals surface area contributed by atoms with E-state index in [1.807, 2.05) is 0 Å². The number of carboxylic acid groups (broad SMARTS) is 1. The lowest BCUT2D eigenvalue weighted by molar-refractivity contribution is 0.0691. The zero-order valence-corrected chi connectivity index (χ0v) is 8.62. The topological polar surface area (TPSA) is 82.5 Å². The van der Waals surface area contributed by atoms with Crippen LogP contribution in [0.5, 0.6) is 0 Å². The number of aliphatic hydroxyl groups excluding tert-OH is 1. The van der Waals surface area contributed by atoms with E-state index in [1.165, 1.54) is 16.7 Å². The zero-order chi connectivity index (χ0) is 11.3. The van der Waals surface area contributed by atoms with Gasteiger partial charge in [-0.2, -0.15) is 0 Å². The Morgan fingerprint density at radius 2 is 2.53 bits per heavy atom. The average Bonchev–Trinajstić information content (AvgIpc) is 2.63. The van der Waals surface area contributed by atoms with E-state index in [2.05, 4.69) is 16.2 Å². The molecule has 0 radical (unpaired) electrons. The molecule has 15 heavy (non-hydrogen) atoms. The van der Waals surface area contributed by atoms with Gasteiger partial charge in [-0.05, 0) is 0 Å². The molecule has 6 heteroatoms. The summed E-state index contributed by atoms with van der Waals surface area (Å²) < 4.78 is 0. The first-order valence-corrected chi connectivity index (χ1v) is 5.05. The SMILES string of the molecule is C#CCC(O)CNc1nc(C(=O)O)cs1. The van der Waals surface area contributed by atoms with Crippen molar-refractivity contribution in [3.05, 3.63) is 11.1 Å². The van der Waals surface area contributed by atoms with E-state index in [0.29, 0.717) is 5.13 Å². The summed E-state index contributed by atoms with van der Waals surface area (Å²) >= 11 is 1.17. The number of terminal acetylenes is 1. The summed E-state index contributed by atoms with van der Waals surface area (Å²) in [6, 6.07) is 0. The quantitative estimate of drug-likeness (QED) is 0.642. The molecule has 1 heterocycles. The molecule has 0 aliphatic carbocycles. The van der Waals surface area contributed by atoms with Gasteiger partial charge >= 0.3 is 5.97 Å². The largest absolute Gasteiger partial charge is 0.476 e. The second-order valence-corrected chi connectivity index (χ2v) is 3.64. The third-order valence-corrected chi connectivity index (χ3v) is 2.37. The molecule has 0 bridgehead atoms. The van der Waals surface area contributed by atoms with Crippen molar-refractivity contribution in [2.45, 2.75) is 12.5 Å². The Kier molecular flexibility index (Phi) is 4.09. The van der Waals surface area contributed by atoms with E-state index in [0.717, 1.165) is 0 Å². The Morgan fingerprint density at radius 1 is 1.80 bits per heavy atom. The molecule has 1 rings (SSSR count). The van der Waals surface area contributed by atoms with Gasteiger partial charge in [0.2, 0.25) is 0 Å². The Bertz CT molecular complexity index is 383. The normalized spacial score (nSPS) is 11.7. The molecule has 1 atom stereocenters. The molecule has 1 unspecified atom stereocenters. The van der Waals surface area contributed by atoms with Gasteiger partial charge in [-0.15, -0.1) is 23.7 Å². The van der Waals surface area contributed by atoms with E-state index in [1.54, 1.807) is 0 Å². The van der Waals surface area contributed by atoms with Gasteiger partial charge in [-0.1, -0.05) is 0 Å². The fourth-order valence-corrected chi connectivity index (χ4v) is 1.56. The van der Waals surface area contributed by atoms with Crippen LogP contribution in [0.25, 0.3) is 0 Å². The highest BCUT2D eigenvalue weighted by atomic mass is 32.1. The molecule has 0 fully saturated rings. The predicted molar refractivity (Wildman–Crippen MR) is 57.0 cm³/mol. The molecule has 1 aromatic rings. The van der Waals surface area contributed by atoms with Crippen LogP contribution >= 0.6 is 11.3 Å². The van der Waals surface area contributed by atoms with E-state index in [-0.39, 0.29) is 18.7 Å². The van der Waals surface area contributed by atoms with Gasteiger partial charge in [0.25, 0.3) is 0 Å². The maximum atomic E-state index is 10.5. The maximum Gasteiger partial charge on any atom is 0.355 e. The monoisotopic (exact) mass is 226 g/mol. The number of aromatic carboxylic acids is 1. The summed E-state index contributed by atoms with van der Waals surface area (Å²) in [6.45, 7) is 0.261. The highest BCUT2D eigenvalue weighted by Gasteiger charge is 2.09. The van der Waals surface area contributed by atoms with Crippen LogP contribution in [0.2, 0.25) is 0 Å². The van der Waals surface area contributed by atoms with Crippen molar-refractivity contribution in [3.63, 3.8) is 0 Å². The van der Waals surface area contributed by atoms with Gasteiger partial charge in [-0.25, -0.2) is 9.78 Å². The number of carbonyl (C=O) groups is 1.